The van der Waals surface area contributed by atoms with Crippen molar-refractivity contribution in [1.29, 1.82) is 0 Å². The third-order valence-electron chi connectivity index (χ3n) is 3.14. The minimum Gasteiger partial charge on any atom is -0.480 e. The molecule has 1 amide bonds. The summed E-state index contributed by atoms with van der Waals surface area (Å²) in [7, 11) is 0. The Morgan fingerprint density at radius 2 is 2.10 bits per heavy atom. The number of carboxylic acids is 1. The molecule has 0 saturated carbocycles. The second kappa shape index (κ2) is 5.48. The molecule has 0 aliphatic rings. The zero-order chi connectivity index (χ0) is 15.8. The lowest BCUT2D eigenvalue weighted by Gasteiger charge is -2.34. The summed E-state index contributed by atoms with van der Waals surface area (Å²) in [6.45, 7) is 7.10. The van der Waals surface area contributed by atoms with Crippen molar-refractivity contribution < 1.29 is 14.7 Å². The molecular weight excluding hydrogens is 290 g/mol. The number of carbonyl (C=O) groups is 2. The smallest absolute Gasteiger partial charge is 0.323 e. The van der Waals surface area contributed by atoms with Crippen LogP contribution in [0.3, 0.4) is 0 Å². The predicted octanol–water partition coefficient (Wildman–Crippen LogP) is 1.96. The third kappa shape index (κ3) is 3.41. The van der Waals surface area contributed by atoms with Crippen LogP contribution in [0.4, 0.5) is 0 Å². The molecule has 0 spiro atoms. The van der Waals surface area contributed by atoms with Crippen molar-refractivity contribution in [3.63, 3.8) is 0 Å². The molecule has 7 heteroatoms. The van der Waals surface area contributed by atoms with Gasteiger partial charge in [0.1, 0.15) is 6.54 Å². The summed E-state index contributed by atoms with van der Waals surface area (Å²) in [5.74, 6) is -1.21. The van der Waals surface area contributed by atoms with Gasteiger partial charge in [0.25, 0.3) is 0 Å². The van der Waals surface area contributed by atoms with Crippen LogP contribution in [-0.2, 0) is 16.0 Å². The van der Waals surface area contributed by atoms with Gasteiger partial charge in [-0.3, -0.25) is 14.0 Å². The van der Waals surface area contributed by atoms with Crippen molar-refractivity contribution in [2.75, 3.05) is 6.54 Å². The van der Waals surface area contributed by atoms with E-state index >= 15 is 0 Å². The molecule has 2 heterocycles. The molecule has 2 rings (SSSR count). The van der Waals surface area contributed by atoms with Gasteiger partial charge in [-0.2, -0.15) is 0 Å². The number of aryl methyl sites for hydroxylation is 1. The molecule has 1 N–H and O–H groups in total. The van der Waals surface area contributed by atoms with E-state index in [4.69, 9.17) is 5.11 Å². The van der Waals surface area contributed by atoms with Gasteiger partial charge in [-0.25, -0.2) is 4.98 Å². The van der Waals surface area contributed by atoms with E-state index in [1.165, 1.54) is 16.2 Å². The SMILES string of the molecule is Cc1cn2c(CC(=O)N(CC(=O)O)C(C)(C)C)csc2n1. The van der Waals surface area contributed by atoms with E-state index in [1.807, 2.05) is 43.7 Å². The lowest BCUT2D eigenvalue weighted by molar-refractivity contribution is -0.147. The number of nitrogens with zero attached hydrogens (tertiary/aromatic N) is 3. The van der Waals surface area contributed by atoms with Gasteiger partial charge < -0.3 is 10.0 Å². The summed E-state index contributed by atoms with van der Waals surface area (Å²) in [5, 5.41) is 10.9. The average Bonchev–Trinajstić information content (AvgIpc) is 2.85. The first-order valence-electron chi connectivity index (χ1n) is 6.63. The number of aliphatic carboxylic acids is 1. The number of hydrogen-bond donors (Lipinski definition) is 1. The standard InChI is InChI=1S/C14H19N3O3S/c1-9-6-16-10(8-21-13(16)15-9)5-11(18)17(7-12(19)20)14(2,3)4/h6,8H,5,7H2,1-4H3,(H,19,20). The van der Waals surface area contributed by atoms with Gasteiger partial charge in [0.2, 0.25) is 5.91 Å². The number of imidazole rings is 1. The Morgan fingerprint density at radius 1 is 1.43 bits per heavy atom. The number of carboxylic acid groups (broad SMARTS) is 1. The Labute approximate surface area is 127 Å². The molecule has 2 aromatic heterocycles. The second-order valence-corrected chi connectivity index (χ2v) is 6.82. The number of aromatic nitrogens is 2. The minimum absolute atomic E-state index is 0.167. The minimum atomic E-state index is -1.01. The quantitative estimate of drug-likeness (QED) is 0.937. The Kier molecular flexibility index (Phi) is 4.04. The fraction of sp³-hybridized carbons (Fsp3) is 0.500. The Hall–Kier alpha value is -1.89. The molecule has 0 aliphatic carbocycles. The molecule has 21 heavy (non-hydrogen) atoms. The van der Waals surface area contributed by atoms with E-state index in [2.05, 4.69) is 4.98 Å². The van der Waals surface area contributed by atoms with E-state index < -0.39 is 11.5 Å². The molecule has 0 aromatic carbocycles. The topological polar surface area (TPSA) is 74.9 Å². The molecule has 0 fully saturated rings. The highest BCUT2D eigenvalue weighted by atomic mass is 32.1. The molecule has 0 bridgehead atoms. The fourth-order valence-electron chi connectivity index (χ4n) is 2.15. The molecule has 0 radical (unpaired) electrons. The largest absolute Gasteiger partial charge is 0.480 e. The van der Waals surface area contributed by atoms with Crippen LogP contribution in [0.25, 0.3) is 4.96 Å². The summed E-state index contributed by atoms with van der Waals surface area (Å²) in [5.41, 5.74) is 1.20. The van der Waals surface area contributed by atoms with E-state index in [9.17, 15) is 9.59 Å². The lowest BCUT2D eigenvalue weighted by atomic mass is 10.0. The number of amides is 1. The van der Waals surface area contributed by atoms with Crippen LogP contribution in [0.2, 0.25) is 0 Å². The van der Waals surface area contributed by atoms with Crippen LogP contribution >= 0.6 is 11.3 Å². The second-order valence-electron chi connectivity index (χ2n) is 5.98. The zero-order valence-electron chi connectivity index (χ0n) is 12.6. The number of hydrogen-bond acceptors (Lipinski definition) is 4. The molecule has 6 nitrogen and oxygen atoms in total. The summed E-state index contributed by atoms with van der Waals surface area (Å²) in [6.07, 6.45) is 2.05. The summed E-state index contributed by atoms with van der Waals surface area (Å²) in [6, 6.07) is 0. The molecule has 0 aliphatic heterocycles. The summed E-state index contributed by atoms with van der Waals surface area (Å²) < 4.78 is 1.89. The van der Waals surface area contributed by atoms with Crippen molar-refractivity contribution in [1.82, 2.24) is 14.3 Å². The summed E-state index contributed by atoms with van der Waals surface area (Å²) in [4.78, 5) is 30.0. The average molecular weight is 309 g/mol. The maximum Gasteiger partial charge on any atom is 0.323 e. The van der Waals surface area contributed by atoms with Gasteiger partial charge in [0, 0.05) is 22.8 Å². The monoisotopic (exact) mass is 309 g/mol. The number of carbonyl (C=O) groups excluding carboxylic acids is 1. The third-order valence-corrected chi connectivity index (χ3v) is 4.03. The Morgan fingerprint density at radius 3 is 2.67 bits per heavy atom. The van der Waals surface area contributed by atoms with Gasteiger partial charge in [-0.15, -0.1) is 11.3 Å². The van der Waals surface area contributed by atoms with Crippen LogP contribution in [0.15, 0.2) is 11.6 Å². The van der Waals surface area contributed by atoms with Crippen LogP contribution < -0.4 is 0 Å². The fourth-order valence-corrected chi connectivity index (χ4v) is 3.07. The molecule has 0 saturated heterocycles. The van der Waals surface area contributed by atoms with Gasteiger partial charge >= 0.3 is 5.97 Å². The van der Waals surface area contributed by atoms with Crippen molar-refractivity contribution in [3.8, 4) is 0 Å². The van der Waals surface area contributed by atoms with Gasteiger partial charge in [-0.05, 0) is 27.7 Å². The van der Waals surface area contributed by atoms with E-state index in [-0.39, 0.29) is 18.9 Å². The van der Waals surface area contributed by atoms with Crippen LogP contribution in [-0.4, -0.2) is 43.4 Å². The van der Waals surface area contributed by atoms with E-state index in [0.29, 0.717) is 0 Å². The maximum atomic E-state index is 12.5. The van der Waals surface area contributed by atoms with Gasteiger partial charge in [0.05, 0.1) is 12.1 Å². The highest BCUT2D eigenvalue weighted by molar-refractivity contribution is 7.15. The first-order valence-corrected chi connectivity index (χ1v) is 7.51. The summed E-state index contributed by atoms with van der Waals surface area (Å²) >= 11 is 1.47. The maximum absolute atomic E-state index is 12.5. The molecule has 0 atom stereocenters. The van der Waals surface area contributed by atoms with E-state index in [0.717, 1.165) is 16.3 Å². The zero-order valence-corrected chi connectivity index (χ0v) is 13.4. The molecule has 2 aromatic rings. The van der Waals surface area contributed by atoms with Gasteiger partial charge in [-0.1, -0.05) is 0 Å². The van der Waals surface area contributed by atoms with Crippen molar-refractivity contribution >= 4 is 28.2 Å². The van der Waals surface area contributed by atoms with Crippen molar-refractivity contribution in [2.45, 2.75) is 39.7 Å². The van der Waals surface area contributed by atoms with Crippen LogP contribution in [0, 0.1) is 6.92 Å². The Balaban J connectivity index is 2.23. The lowest BCUT2D eigenvalue weighted by Crippen LogP contribution is -2.48. The highest BCUT2D eigenvalue weighted by Gasteiger charge is 2.28. The van der Waals surface area contributed by atoms with Crippen molar-refractivity contribution in [2.24, 2.45) is 0 Å². The predicted molar refractivity (Wildman–Crippen MR) is 80.6 cm³/mol. The molecular formula is C14H19N3O3S. The molecule has 0 unspecified atom stereocenters. The Bertz CT molecular complexity index is 681. The first kappa shape index (κ1) is 15.5. The number of thiazole rings is 1. The van der Waals surface area contributed by atoms with Crippen LogP contribution in [0.5, 0.6) is 0 Å². The molecule has 114 valence electrons. The first-order chi connectivity index (χ1) is 9.68. The number of rotatable bonds is 4. The van der Waals surface area contributed by atoms with Crippen molar-refractivity contribution in [3.05, 3.63) is 23.0 Å². The van der Waals surface area contributed by atoms with Crippen LogP contribution in [0.1, 0.15) is 32.2 Å². The highest BCUT2D eigenvalue weighted by Crippen LogP contribution is 2.20. The van der Waals surface area contributed by atoms with Gasteiger partial charge in [0.15, 0.2) is 4.96 Å². The van der Waals surface area contributed by atoms with E-state index in [1.54, 1.807) is 0 Å². The normalized spacial score (nSPS) is 11.8. The number of fused-ring (bicyclic) bond motifs is 1.